The van der Waals surface area contributed by atoms with Gasteiger partial charge >= 0.3 is 5.76 Å². The lowest BCUT2D eigenvalue weighted by atomic mass is 9.76. The molecule has 236 valence electrons. The second-order valence-corrected chi connectivity index (χ2v) is 14.0. The molecular formula is C31H30Cl2N4O7S. The van der Waals surface area contributed by atoms with Crippen molar-refractivity contribution in [3.63, 3.8) is 0 Å². The van der Waals surface area contributed by atoms with E-state index in [0.29, 0.717) is 51.2 Å². The Kier molecular flexibility index (Phi) is 8.77. The number of aromatic nitrogens is 1. The maximum Gasteiger partial charge on any atom is 0.417 e. The number of fused-ring (bicyclic) bond motifs is 2. The molecular weight excluding hydrogens is 643 g/mol. The fourth-order valence-corrected chi connectivity index (χ4v) is 7.81. The summed E-state index contributed by atoms with van der Waals surface area (Å²) in [6, 6.07) is 14.7. The van der Waals surface area contributed by atoms with Crippen LogP contribution >= 0.6 is 23.2 Å². The topological polar surface area (TPSA) is 151 Å². The van der Waals surface area contributed by atoms with Gasteiger partial charge in [-0.2, -0.15) is 0 Å². The van der Waals surface area contributed by atoms with Crippen LogP contribution in [-0.4, -0.2) is 48.5 Å². The summed E-state index contributed by atoms with van der Waals surface area (Å²) >= 11 is 13.0. The minimum absolute atomic E-state index is 0.0388. The number of nitrogens with zero attached hydrogens (tertiary/aromatic N) is 1. The number of sulfonamides is 1. The molecule has 0 spiro atoms. The number of H-pyrrole nitrogens is 1. The zero-order valence-corrected chi connectivity index (χ0v) is 26.4. The lowest BCUT2D eigenvalue weighted by molar-refractivity contribution is -0.138. The molecule has 1 saturated carbocycles. The highest BCUT2D eigenvalue weighted by Crippen LogP contribution is 2.47. The van der Waals surface area contributed by atoms with Crippen molar-refractivity contribution in [3.8, 4) is 0 Å². The molecule has 1 aliphatic heterocycles. The number of oxazole rings is 1. The van der Waals surface area contributed by atoms with Crippen molar-refractivity contribution >= 4 is 56.1 Å². The first-order valence-corrected chi connectivity index (χ1v) is 17.0. The number of halogens is 2. The summed E-state index contributed by atoms with van der Waals surface area (Å²) in [5.74, 6) is -2.43. The smallest absolute Gasteiger partial charge is 0.408 e. The molecule has 1 unspecified atom stereocenters. The zero-order chi connectivity index (χ0) is 31.9. The van der Waals surface area contributed by atoms with Crippen LogP contribution in [0.5, 0.6) is 0 Å². The van der Waals surface area contributed by atoms with Crippen LogP contribution in [0.1, 0.15) is 64.7 Å². The van der Waals surface area contributed by atoms with Crippen LogP contribution in [0.3, 0.4) is 0 Å². The SMILES string of the molecule is CS(=O)(=O)N[C@H]1CCCCC1N1C(=O)c2ccccc2[C@@H](C(=O)NOCc2ccc3[nH]c(=O)oc3c2)[C@@H]1c1ccc(Cl)cc1Cl. The number of nitrogens with one attached hydrogen (secondary N) is 3. The van der Waals surface area contributed by atoms with Crippen LogP contribution in [0.25, 0.3) is 11.1 Å². The summed E-state index contributed by atoms with van der Waals surface area (Å²) in [6.07, 6.45) is 3.69. The van der Waals surface area contributed by atoms with E-state index in [4.69, 9.17) is 32.5 Å². The molecule has 2 heterocycles. The van der Waals surface area contributed by atoms with E-state index in [9.17, 15) is 22.8 Å². The third-order valence-corrected chi connectivity index (χ3v) is 9.58. The molecule has 1 aromatic heterocycles. The predicted molar refractivity (Wildman–Crippen MR) is 168 cm³/mol. The van der Waals surface area contributed by atoms with Crippen molar-refractivity contribution in [3.05, 3.63) is 104 Å². The number of carbonyl (C=O) groups excluding carboxylic acids is 2. The zero-order valence-electron chi connectivity index (χ0n) is 24.1. The molecule has 2 amide bonds. The van der Waals surface area contributed by atoms with Crippen molar-refractivity contribution in [1.29, 1.82) is 0 Å². The number of hydrogen-bond acceptors (Lipinski definition) is 7. The Bertz CT molecular complexity index is 1940. The largest absolute Gasteiger partial charge is 0.417 e. The molecule has 2 aliphatic rings. The van der Waals surface area contributed by atoms with Gasteiger partial charge in [0.2, 0.25) is 10.0 Å². The van der Waals surface area contributed by atoms with Crippen molar-refractivity contribution in [1.82, 2.24) is 20.1 Å². The molecule has 0 bridgehead atoms. The van der Waals surface area contributed by atoms with Gasteiger partial charge in [0.1, 0.15) is 0 Å². The molecule has 45 heavy (non-hydrogen) atoms. The van der Waals surface area contributed by atoms with Crippen LogP contribution in [0.4, 0.5) is 0 Å². The average molecular weight is 674 g/mol. The number of aromatic amines is 1. The van der Waals surface area contributed by atoms with Gasteiger partial charge in [0.15, 0.2) is 5.58 Å². The van der Waals surface area contributed by atoms with Crippen molar-refractivity contribution in [2.45, 2.75) is 56.3 Å². The van der Waals surface area contributed by atoms with E-state index in [-0.39, 0.29) is 17.5 Å². The lowest BCUT2D eigenvalue weighted by Crippen LogP contribution is -2.59. The number of carbonyl (C=O) groups is 2. The summed E-state index contributed by atoms with van der Waals surface area (Å²) in [5.41, 5.74) is 5.38. The highest BCUT2D eigenvalue weighted by molar-refractivity contribution is 7.88. The van der Waals surface area contributed by atoms with E-state index in [1.54, 1.807) is 65.6 Å². The highest BCUT2D eigenvalue weighted by atomic mass is 35.5. The van der Waals surface area contributed by atoms with Crippen LogP contribution in [-0.2, 0) is 26.3 Å². The number of benzene rings is 3. The van der Waals surface area contributed by atoms with Crippen LogP contribution < -0.4 is 16.0 Å². The molecule has 1 aliphatic carbocycles. The van der Waals surface area contributed by atoms with Gasteiger partial charge in [0.05, 0.1) is 30.3 Å². The molecule has 0 saturated heterocycles. The molecule has 4 atom stereocenters. The number of hydrogen-bond donors (Lipinski definition) is 3. The fraction of sp³-hybridized carbons (Fsp3) is 0.323. The second-order valence-electron chi connectivity index (χ2n) is 11.3. The highest BCUT2D eigenvalue weighted by Gasteiger charge is 2.49. The van der Waals surface area contributed by atoms with Gasteiger partial charge in [-0.25, -0.2) is 23.4 Å². The van der Waals surface area contributed by atoms with Gasteiger partial charge in [0, 0.05) is 27.7 Å². The van der Waals surface area contributed by atoms with Crippen LogP contribution in [0.15, 0.2) is 69.9 Å². The van der Waals surface area contributed by atoms with E-state index in [1.807, 2.05) is 0 Å². The molecule has 6 rings (SSSR count). The van der Waals surface area contributed by atoms with E-state index in [0.717, 1.165) is 19.1 Å². The van der Waals surface area contributed by atoms with Gasteiger partial charge < -0.3 is 9.32 Å². The van der Waals surface area contributed by atoms with Gasteiger partial charge in [-0.3, -0.25) is 19.4 Å². The van der Waals surface area contributed by atoms with Gasteiger partial charge in [-0.1, -0.05) is 66.4 Å². The number of rotatable bonds is 8. The van der Waals surface area contributed by atoms with Crippen LogP contribution in [0, 0.1) is 0 Å². The van der Waals surface area contributed by atoms with E-state index < -0.39 is 45.7 Å². The van der Waals surface area contributed by atoms with Gasteiger partial charge in [-0.05, 0) is 59.9 Å². The molecule has 14 heteroatoms. The summed E-state index contributed by atoms with van der Waals surface area (Å²) in [4.78, 5) is 49.9. The summed E-state index contributed by atoms with van der Waals surface area (Å²) in [5, 5.41) is 0.639. The Morgan fingerprint density at radius 1 is 1.04 bits per heavy atom. The normalized spacial score (nSPS) is 21.9. The first-order valence-electron chi connectivity index (χ1n) is 14.4. The Labute approximate surface area is 268 Å². The maximum atomic E-state index is 14.3. The number of hydroxylamine groups is 1. The first-order chi connectivity index (χ1) is 21.5. The van der Waals surface area contributed by atoms with Crippen LogP contribution in [0.2, 0.25) is 10.0 Å². The standard InChI is InChI=1S/C31H30Cl2N4O7S/c1-45(41,42)36-23-8-4-5-9-25(23)37-28(21-12-11-18(32)15-22(21)33)27(19-6-2-3-7-20(19)30(37)39)29(38)35-43-16-17-10-13-24-26(14-17)44-31(40)34-24/h2-3,6-7,10-15,23,25,27-28,36H,4-5,8-9,16H2,1H3,(H,34,40)(H,35,38)/t23-,25?,27+,28-/m0/s1. The first kappa shape index (κ1) is 31.3. The minimum atomic E-state index is -3.61. The van der Waals surface area contributed by atoms with Crippen molar-refractivity contribution < 1.29 is 27.3 Å². The number of amides is 2. The predicted octanol–water partition coefficient (Wildman–Crippen LogP) is 4.82. The summed E-state index contributed by atoms with van der Waals surface area (Å²) < 4.78 is 32.6. The van der Waals surface area contributed by atoms with E-state index in [1.165, 1.54) is 0 Å². The van der Waals surface area contributed by atoms with Crippen molar-refractivity contribution in [2.24, 2.45) is 0 Å². The third-order valence-electron chi connectivity index (χ3n) is 8.29. The third kappa shape index (κ3) is 6.52. The Balaban J connectivity index is 1.39. The Morgan fingerprint density at radius 2 is 1.82 bits per heavy atom. The Hall–Kier alpha value is -3.68. The quantitative estimate of drug-likeness (QED) is 0.227. The molecule has 1 fully saturated rings. The molecule has 11 nitrogen and oxygen atoms in total. The monoisotopic (exact) mass is 672 g/mol. The van der Waals surface area contributed by atoms with E-state index >= 15 is 0 Å². The average Bonchev–Trinajstić information content (AvgIpc) is 3.36. The molecule has 0 radical (unpaired) electrons. The summed E-state index contributed by atoms with van der Waals surface area (Å²) in [6.45, 7) is -0.0388. The minimum Gasteiger partial charge on any atom is -0.408 e. The fourth-order valence-electron chi connectivity index (χ4n) is 6.46. The maximum absolute atomic E-state index is 14.3. The summed E-state index contributed by atoms with van der Waals surface area (Å²) in [7, 11) is -3.61. The van der Waals surface area contributed by atoms with Crippen molar-refractivity contribution in [2.75, 3.05) is 6.26 Å². The van der Waals surface area contributed by atoms with E-state index in [2.05, 4.69) is 15.2 Å². The molecule has 4 aromatic rings. The Morgan fingerprint density at radius 3 is 2.60 bits per heavy atom. The van der Waals surface area contributed by atoms with Gasteiger partial charge in [0.25, 0.3) is 11.8 Å². The van der Waals surface area contributed by atoms with Gasteiger partial charge in [-0.15, -0.1) is 0 Å². The molecule has 3 N–H and O–H groups in total. The molecule has 3 aromatic carbocycles. The second kappa shape index (κ2) is 12.6. The lowest BCUT2D eigenvalue weighted by Gasteiger charge is -2.49.